The Kier molecular flexibility index (Phi) is 6.56. The van der Waals surface area contributed by atoms with Crippen LogP contribution in [0.3, 0.4) is 0 Å². The van der Waals surface area contributed by atoms with E-state index in [1.165, 1.54) is 0 Å². The van der Waals surface area contributed by atoms with E-state index in [0.717, 1.165) is 47.4 Å². The molecule has 0 spiro atoms. The van der Waals surface area contributed by atoms with E-state index in [9.17, 15) is 4.79 Å². The number of halogens is 1. The van der Waals surface area contributed by atoms with Crippen molar-refractivity contribution in [2.24, 2.45) is 7.05 Å². The number of thioether (sulfide) groups is 1. The van der Waals surface area contributed by atoms with Gasteiger partial charge in [-0.25, -0.2) is 4.52 Å². The Balaban J connectivity index is 2.24. The number of rotatable bonds is 7. The van der Waals surface area contributed by atoms with Gasteiger partial charge in [0.05, 0.1) is 5.02 Å². The molecule has 0 bridgehead atoms. The number of nitrogens with zero attached hydrogens (tertiary/aromatic N) is 3. The third-order valence-electron chi connectivity index (χ3n) is 5.33. The first-order chi connectivity index (χ1) is 13.4. The average molecular weight is 418 g/mol. The lowest BCUT2D eigenvalue weighted by Gasteiger charge is -2.16. The van der Waals surface area contributed by atoms with Gasteiger partial charge in [-0.2, -0.15) is 0 Å². The van der Waals surface area contributed by atoms with Crippen LogP contribution in [0, 0.1) is 6.92 Å². The minimum absolute atomic E-state index is 0.0182. The van der Waals surface area contributed by atoms with E-state index in [0.29, 0.717) is 22.3 Å². The molecule has 3 rings (SSSR count). The summed E-state index contributed by atoms with van der Waals surface area (Å²) in [6, 6.07) is 8.01. The predicted molar refractivity (Wildman–Crippen MR) is 120 cm³/mol. The minimum Gasteiger partial charge on any atom is -0.292 e. The SMILES string of the molecule is CCCC(CCC)c1cc(C)n2nc(-c3ccc(SC)cc3Cl)n(C)c(=O)c12. The molecule has 150 valence electrons. The molecule has 0 atom stereocenters. The van der Waals surface area contributed by atoms with Crippen molar-refractivity contribution in [3.63, 3.8) is 0 Å². The molecule has 0 aliphatic heterocycles. The van der Waals surface area contributed by atoms with Gasteiger partial charge < -0.3 is 0 Å². The van der Waals surface area contributed by atoms with Crippen LogP contribution in [0.1, 0.15) is 56.7 Å². The molecule has 2 heterocycles. The molecule has 0 unspecified atom stereocenters. The van der Waals surface area contributed by atoms with Crippen LogP contribution in [0.4, 0.5) is 0 Å². The molecular formula is C22H28ClN3OS. The highest BCUT2D eigenvalue weighted by molar-refractivity contribution is 7.98. The van der Waals surface area contributed by atoms with Crippen molar-refractivity contribution in [1.29, 1.82) is 0 Å². The molecule has 1 aromatic carbocycles. The second kappa shape index (κ2) is 8.75. The highest BCUT2D eigenvalue weighted by Crippen LogP contribution is 2.33. The van der Waals surface area contributed by atoms with Crippen molar-refractivity contribution in [3.05, 3.63) is 50.9 Å². The summed E-state index contributed by atoms with van der Waals surface area (Å²) >= 11 is 8.15. The third-order valence-corrected chi connectivity index (χ3v) is 6.37. The summed E-state index contributed by atoms with van der Waals surface area (Å²) in [7, 11) is 1.78. The van der Waals surface area contributed by atoms with Crippen molar-refractivity contribution in [1.82, 2.24) is 14.2 Å². The predicted octanol–water partition coefficient (Wildman–Crippen LogP) is 6.07. The normalized spacial score (nSPS) is 11.7. The molecule has 0 saturated heterocycles. The maximum Gasteiger partial charge on any atom is 0.278 e. The van der Waals surface area contributed by atoms with E-state index >= 15 is 0 Å². The fourth-order valence-corrected chi connectivity index (χ4v) is 4.68. The number of fused-ring (bicyclic) bond motifs is 1. The second-order valence-electron chi connectivity index (χ2n) is 7.31. The van der Waals surface area contributed by atoms with Crippen LogP contribution >= 0.6 is 23.4 Å². The summed E-state index contributed by atoms with van der Waals surface area (Å²) in [5.41, 5.74) is 3.57. The van der Waals surface area contributed by atoms with Crippen LogP contribution in [0.2, 0.25) is 5.02 Å². The first-order valence-electron chi connectivity index (χ1n) is 9.86. The van der Waals surface area contributed by atoms with E-state index in [-0.39, 0.29) is 5.56 Å². The van der Waals surface area contributed by atoms with Gasteiger partial charge in [-0.05, 0) is 61.8 Å². The van der Waals surface area contributed by atoms with Crippen LogP contribution in [-0.2, 0) is 7.05 Å². The Morgan fingerprint density at radius 2 is 1.86 bits per heavy atom. The molecule has 0 fully saturated rings. The first kappa shape index (κ1) is 21.0. The van der Waals surface area contributed by atoms with Crippen LogP contribution in [0.25, 0.3) is 16.9 Å². The highest BCUT2D eigenvalue weighted by Gasteiger charge is 2.22. The maximum absolute atomic E-state index is 13.4. The molecule has 28 heavy (non-hydrogen) atoms. The lowest BCUT2D eigenvalue weighted by atomic mass is 9.91. The largest absolute Gasteiger partial charge is 0.292 e. The smallest absolute Gasteiger partial charge is 0.278 e. The molecule has 0 saturated carbocycles. The fraction of sp³-hybridized carbons (Fsp3) is 0.455. The number of aryl methyl sites for hydroxylation is 1. The average Bonchev–Trinajstić information content (AvgIpc) is 3.01. The molecule has 0 aliphatic carbocycles. The first-order valence-corrected chi connectivity index (χ1v) is 11.5. The zero-order chi connectivity index (χ0) is 20.4. The monoisotopic (exact) mass is 417 g/mol. The van der Waals surface area contributed by atoms with Crippen molar-refractivity contribution in [2.45, 2.75) is 57.3 Å². The summed E-state index contributed by atoms with van der Waals surface area (Å²) < 4.78 is 3.44. The van der Waals surface area contributed by atoms with Gasteiger partial charge >= 0.3 is 0 Å². The zero-order valence-electron chi connectivity index (χ0n) is 17.3. The quantitative estimate of drug-likeness (QED) is 0.438. The summed E-state index contributed by atoms with van der Waals surface area (Å²) in [6.45, 7) is 6.41. The molecule has 0 radical (unpaired) electrons. The Morgan fingerprint density at radius 3 is 2.43 bits per heavy atom. The van der Waals surface area contributed by atoms with Gasteiger partial charge in [0.1, 0.15) is 5.52 Å². The van der Waals surface area contributed by atoms with Gasteiger partial charge in [0.15, 0.2) is 5.82 Å². The molecule has 3 aromatic rings. The van der Waals surface area contributed by atoms with E-state index in [2.05, 4.69) is 19.9 Å². The van der Waals surface area contributed by atoms with E-state index in [4.69, 9.17) is 16.7 Å². The number of aromatic nitrogens is 3. The van der Waals surface area contributed by atoms with Crippen molar-refractivity contribution < 1.29 is 0 Å². The molecule has 6 heteroatoms. The van der Waals surface area contributed by atoms with Gasteiger partial charge in [0, 0.05) is 23.2 Å². The standard InChI is InChI=1S/C22H28ClN3OS/c1-6-8-15(9-7-2)18-12-14(3)26-20(18)22(27)25(4)21(24-26)17-11-10-16(28-5)13-19(17)23/h10-13,15H,6-9H2,1-5H3. The van der Waals surface area contributed by atoms with Gasteiger partial charge in [-0.3, -0.25) is 9.36 Å². The lowest BCUT2D eigenvalue weighted by molar-refractivity contribution is 0.563. The fourth-order valence-electron chi connectivity index (χ4n) is 3.92. The van der Waals surface area contributed by atoms with E-state index in [1.54, 1.807) is 23.4 Å². The van der Waals surface area contributed by atoms with Crippen LogP contribution in [0.15, 0.2) is 34.0 Å². The topological polar surface area (TPSA) is 39.3 Å². The van der Waals surface area contributed by atoms with Gasteiger partial charge in [0.2, 0.25) is 0 Å². The molecule has 0 N–H and O–H groups in total. The number of hydrogen-bond acceptors (Lipinski definition) is 3. The third kappa shape index (κ3) is 3.74. The zero-order valence-corrected chi connectivity index (χ0v) is 18.8. The number of benzene rings is 1. The van der Waals surface area contributed by atoms with Gasteiger partial charge in [0.25, 0.3) is 5.56 Å². The van der Waals surface area contributed by atoms with Crippen LogP contribution in [-0.4, -0.2) is 20.4 Å². The van der Waals surface area contributed by atoms with Crippen molar-refractivity contribution in [3.8, 4) is 11.4 Å². The second-order valence-corrected chi connectivity index (χ2v) is 8.60. The van der Waals surface area contributed by atoms with Crippen molar-refractivity contribution in [2.75, 3.05) is 6.26 Å². The molecule has 0 amide bonds. The lowest BCUT2D eigenvalue weighted by Crippen LogP contribution is -2.24. The molecular weight excluding hydrogens is 390 g/mol. The van der Waals surface area contributed by atoms with E-state index < -0.39 is 0 Å². The molecule has 0 aliphatic rings. The van der Waals surface area contributed by atoms with Gasteiger partial charge in [-0.1, -0.05) is 38.3 Å². The molecule has 4 nitrogen and oxygen atoms in total. The summed E-state index contributed by atoms with van der Waals surface area (Å²) in [5, 5.41) is 5.44. The highest BCUT2D eigenvalue weighted by atomic mass is 35.5. The Labute approximate surface area is 175 Å². The summed E-state index contributed by atoms with van der Waals surface area (Å²) in [5.74, 6) is 0.978. The Hall–Kier alpha value is -1.72. The maximum atomic E-state index is 13.4. The minimum atomic E-state index is -0.0182. The van der Waals surface area contributed by atoms with E-state index in [1.807, 2.05) is 35.9 Å². The Morgan fingerprint density at radius 1 is 1.18 bits per heavy atom. The summed E-state index contributed by atoms with van der Waals surface area (Å²) in [6.07, 6.45) is 6.38. The van der Waals surface area contributed by atoms with Crippen LogP contribution < -0.4 is 5.56 Å². The summed E-state index contributed by atoms with van der Waals surface area (Å²) in [4.78, 5) is 14.4. The van der Waals surface area contributed by atoms with Gasteiger partial charge in [-0.15, -0.1) is 16.9 Å². The van der Waals surface area contributed by atoms with Crippen molar-refractivity contribution >= 4 is 28.9 Å². The van der Waals surface area contributed by atoms with Crippen LogP contribution in [0.5, 0.6) is 0 Å². The number of hydrogen-bond donors (Lipinski definition) is 0. The Bertz CT molecular complexity index is 1050. The molecule has 2 aromatic heterocycles.